The van der Waals surface area contributed by atoms with E-state index in [0.717, 1.165) is 5.52 Å². The summed E-state index contributed by atoms with van der Waals surface area (Å²) in [5, 5.41) is 9.96. The van der Waals surface area contributed by atoms with Gasteiger partial charge in [0.1, 0.15) is 0 Å². The van der Waals surface area contributed by atoms with Gasteiger partial charge >= 0.3 is 0 Å². The molecule has 2 aromatic rings. The zero-order chi connectivity index (χ0) is 8.39. The number of nitrogens with zero attached hydrogens (tertiary/aromatic N) is 1. The molecule has 12 heavy (non-hydrogen) atoms. The number of hydrogen-bond acceptors (Lipinski definition) is 1. The standard InChI is InChI=1S/C10H10NO/c12-8-7-11-6-5-9-3-1-2-4-10(9)11/h1,3-6,12H,7-8H2. The van der Waals surface area contributed by atoms with Gasteiger partial charge in [-0.25, -0.2) is 0 Å². The van der Waals surface area contributed by atoms with Gasteiger partial charge in [0.2, 0.25) is 0 Å². The van der Waals surface area contributed by atoms with Crippen molar-refractivity contribution in [3.8, 4) is 0 Å². The summed E-state index contributed by atoms with van der Waals surface area (Å²) in [6.45, 7) is 0.833. The molecule has 0 saturated carbocycles. The van der Waals surface area contributed by atoms with E-state index in [4.69, 9.17) is 5.11 Å². The molecule has 1 N–H and O–H groups in total. The van der Waals surface area contributed by atoms with E-state index in [1.54, 1.807) is 0 Å². The van der Waals surface area contributed by atoms with Gasteiger partial charge in [-0.2, -0.15) is 0 Å². The normalized spacial score (nSPS) is 10.8. The van der Waals surface area contributed by atoms with Crippen molar-refractivity contribution in [2.24, 2.45) is 0 Å². The monoisotopic (exact) mass is 160 g/mol. The Bertz CT molecular complexity index is 378. The van der Waals surface area contributed by atoms with E-state index in [-0.39, 0.29) is 6.61 Å². The fourth-order valence-corrected chi connectivity index (χ4v) is 1.38. The van der Waals surface area contributed by atoms with Crippen LogP contribution in [-0.4, -0.2) is 16.3 Å². The number of rotatable bonds is 2. The van der Waals surface area contributed by atoms with E-state index in [0.29, 0.717) is 6.54 Å². The van der Waals surface area contributed by atoms with E-state index >= 15 is 0 Å². The van der Waals surface area contributed by atoms with E-state index in [1.807, 2.05) is 35.0 Å². The molecule has 0 fully saturated rings. The van der Waals surface area contributed by atoms with Crippen molar-refractivity contribution in [3.63, 3.8) is 0 Å². The molecule has 0 unspecified atom stereocenters. The van der Waals surface area contributed by atoms with Crippen LogP contribution in [0.15, 0.2) is 30.5 Å². The molecule has 2 rings (SSSR count). The number of benzene rings is 1. The zero-order valence-electron chi connectivity index (χ0n) is 6.70. The second-order valence-electron chi connectivity index (χ2n) is 2.72. The molecule has 0 aliphatic heterocycles. The lowest BCUT2D eigenvalue weighted by Gasteiger charge is -2.00. The minimum atomic E-state index is 0.179. The smallest absolute Gasteiger partial charge is 0.0610 e. The molecular weight excluding hydrogens is 150 g/mol. The van der Waals surface area contributed by atoms with Crippen molar-refractivity contribution in [3.05, 3.63) is 36.5 Å². The Morgan fingerprint density at radius 2 is 2.33 bits per heavy atom. The van der Waals surface area contributed by atoms with E-state index < -0.39 is 0 Å². The highest BCUT2D eigenvalue weighted by atomic mass is 16.3. The lowest BCUT2D eigenvalue weighted by Crippen LogP contribution is -1.99. The van der Waals surface area contributed by atoms with Gasteiger partial charge in [-0.15, -0.1) is 0 Å². The summed E-state index contributed by atoms with van der Waals surface area (Å²) in [6.07, 6.45) is 1.98. The van der Waals surface area contributed by atoms with Crippen LogP contribution in [0, 0.1) is 6.07 Å². The fraction of sp³-hybridized carbons (Fsp3) is 0.200. The van der Waals surface area contributed by atoms with Crippen LogP contribution in [0.4, 0.5) is 0 Å². The van der Waals surface area contributed by atoms with Crippen molar-refractivity contribution < 1.29 is 5.11 Å². The Morgan fingerprint density at radius 3 is 3.17 bits per heavy atom. The molecule has 0 bridgehead atoms. The molecule has 2 nitrogen and oxygen atoms in total. The first-order valence-corrected chi connectivity index (χ1v) is 3.97. The van der Waals surface area contributed by atoms with Gasteiger partial charge in [-0.1, -0.05) is 12.1 Å². The average molecular weight is 160 g/mol. The van der Waals surface area contributed by atoms with Crippen LogP contribution < -0.4 is 0 Å². The molecule has 0 atom stereocenters. The number of aliphatic hydroxyl groups excluding tert-OH is 1. The largest absolute Gasteiger partial charge is 0.395 e. The Labute approximate surface area is 71.1 Å². The molecule has 0 spiro atoms. The second kappa shape index (κ2) is 2.99. The van der Waals surface area contributed by atoms with Gasteiger partial charge in [0.05, 0.1) is 6.61 Å². The molecule has 0 saturated heterocycles. The SMILES string of the molecule is OCCn1ccc2cc[c]cc21. The number of fused-ring (bicyclic) bond motifs is 1. The maximum absolute atomic E-state index is 8.77. The molecule has 0 aliphatic rings. The summed E-state index contributed by atoms with van der Waals surface area (Å²) in [6, 6.07) is 10.9. The third-order valence-corrected chi connectivity index (χ3v) is 1.96. The van der Waals surface area contributed by atoms with E-state index in [1.165, 1.54) is 5.39 Å². The lowest BCUT2D eigenvalue weighted by molar-refractivity contribution is 0.278. The number of hydrogen-bond donors (Lipinski definition) is 1. The van der Waals surface area contributed by atoms with Crippen LogP contribution in [0.25, 0.3) is 10.9 Å². The van der Waals surface area contributed by atoms with Crippen LogP contribution in [0.1, 0.15) is 0 Å². The summed E-state index contributed by atoms with van der Waals surface area (Å²) in [7, 11) is 0. The Hall–Kier alpha value is -1.28. The Kier molecular flexibility index (Phi) is 1.84. The Morgan fingerprint density at radius 1 is 1.42 bits per heavy atom. The van der Waals surface area contributed by atoms with Crippen molar-refractivity contribution in [1.29, 1.82) is 0 Å². The first kappa shape index (κ1) is 7.37. The zero-order valence-corrected chi connectivity index (χ0v) is 6.70. The fourth-order valence-electron chi connectivity index (χ4n) is 1.38. The molecule has 61 valence electrons. The van der Waals surface area contributed by atoms with Gasteiger partial charge < -0.3 is 9.67 Å². The van der Waals surface area contributed by atoms with Gasteiger partial charge in [0.25, 0.3) is 0 Å². The van der Waals surface area contributed by atoms with Crippen LogP contribution >= 0.6 is 0 Å². The first-order valence-electron chi connectivity index (χ1n) is 3.97. The average Bonchev–Trinajstić information content (AvgIpc) is 2.50. The molecule has 1 heterocycles. The third-order valence-electron chi connectivity index (χ3n) is 1.96. The highest BCUT2D eigenvalue weighted by molar-refractivity contribution is 5.79. The summed E-state index contributed by atoms with van der Waals surface area (Å²) in [5.41, 5.74) is 1.13. The minimum Gasteiger partial charge on any atom is -0.395 e. The molecule has 0 aliphatic carbocycles. The molecule has 1 aromatic heterocycles. The van der Waals surface area contributed by atoms with E-state index in [2.05, 4.69) is 6.07 Å². The third kappa shape index (κ3) is 1.10. The maximum atomic E-state index is 8.77. The topological polar surface area (TPSA) is 25.2 Å². The highest BCUT2D eigenvalue weighted by Crippen LogP contribution is 2.13. The number of aliphatic hydroxyl groups is 1. The number of aromatic nitrogens is 1. The summed E-state index contributed by atoms with van der Waals surface area (Å²) in [4.78, 5) is 0. The van der Waals surface area contributed by atoms with Crippen LogP contribution in [0.2, 0.25) is 0 Å². The molecule has 1 radical (unpaired) electrons. The van der Waals surface area contributed by atoms with Crippen molar-refractivity contribution in [1.82, 2.24) is 4.57 Å². The van der Waals surface area contributed by atoms with Gasteiger partial charge in [0, 0.05) is 18.3 Å². The first-order chi connectivity index (χ1) is 5.92. The summed E-state index contributed by atoms with van der Waals surface area (Å²) < 4.78 is 2.02. The Balaban J connectivity index is 2.55. The molecule has 0 amide bonds. The van der Waals surface area contributed by atoms with E-state index in [9.17, 15) is 0 Å². The van der Waals surface area contributed by atoms with Gasteiger partial charge in [-0.05, 0) is 23.6 Å². The molecular formula is C10H10NO. The van der Waals surface area contributed by atoms with Gasteiger partial charge in [-0.3, -0.25) is 0 Å². The highest BCUT2D eigenvalue weighted by Gasteiger charge is 1.97. The van der Waals surface area contributed by atoms with Gasteiger partial charge in [0.15, 0.2) is 0 Å². The van der Waals surface area contributed by atoms with Crippen LogP contribution in [0.5, 0.6) is 0 Å². The van der Waals surface area contributed by atoms with Crippen molar-refractivity contribution >= 4 is 10.9 Å². The van der Waals surface area contributed by atoms with Crippen molar-refractivity contribution in [2.45, 2.75) is 6.54 Å². The van der Waals surface area contributed by atoms with Crippen LogP contribution in [-0.2, 0) is 6.54 Å². The summed E-state index contributed by atoms with van der Waals surface area (Å²) in [5.74, 6) is 0. The summed E-state index contributed by atoms with van der Waals surface area (Å²) >= 11 is 0. The predicted octanol–water partition coefficient (Wildman–Crippen LogP) is 1.43. The van der Waals surface area contributed by atoms with Crippen LogP contribution in [0.3, 0.4) is 0 Å². The second-order valence-corrected chi connectivity index (χ2v) is 2.72. The minimum absolute atomic E-state index is 0.179. The molecule has 2 heteroatoms. The molecule has 1 aromatic carbocycles. The van der Waals surface area contributed by atoms with Crippen molar-refractivity contribution in [2.75, 3.05) is 6.61 Å². The quantitative estimate of drug-likeness (QED) is 0.706. The predicted molar refractivity (Wildman–Crippen MR) is 47.9 cm³/mol. The maximum Gasteiger partial charge on any atom is 0.0610 e. The lowest BCUT2D eigenvalue weighted by atomic mass is 10.2.